The number of amides is 2. The zero-order valence-electron chi connectivity index (χ0n) is 15.4. The van der Waals surface area contributed by atoms with E-state index in [1.807, 2.05) is 48.5 Å². The van der Waals surface area contributed by atoms with E-state index in [1.165, 1.54) is 4.90 Å². The van der Waals surface area contributed by atoms with Gasteiger partial charge in [0, 0.05) is 18.1 Å². The number of hydrogen-bond acceptors (Lipinski definition) is 4. The molecule has 0 aliphatic heterocycles. The van der Waals surface area contributed by atoms with Crippen LogP contribution in [0.4, 0.5) is 5.69 Å². The van der Waals surface area contributed by atoms with Crippen molar-refractivity contribution in [1.29, 1.82) is 5.26 Å². The third-order valence-corrected chi connectivity index (χ3v) is 4.22. The third-order valence-electron chi connectivity index (χ3n) is 4.22. The Morgan fingerprint density at radius 3 is 2.50 bits per heavy atom. The summed E-state index contributed by atoms with van der Waals surface area (Å²) in [4.78, 5) is 25.9. The van der Waals surface area contributed by atoms with E-state index in [9.17, 15) is 9.59 Å². The molecular weight excluding hydrogens is 354 g/mol. The van der Waals surface area contributed by atoms with Gasteiger partial charge in [-0.05, 0) is 35.7 Å². The quantitative estimate of drug-likeness (QED) is 0.719. The van der Waals surface area contributed by atoms with Gasteiger partial charge in [-0.3, -0.25) is 9.59 Å². The molecular formula is C22H19N3O3. The number of nitrogens with zero attached hydrogens (tertiary/aromatic N) is 2. The summed E-state index contributed by atoms with van der Waals surface area (Å²) in [6.45, 7) is -0.275. The number of ether oxygens (including phenoxy) is 1. The van der Waals surface area contributed by atoms with Gasteiger partial charge in [0.05, 0.1) is 18.2 Å². The highest BCUT2D eigenvalue weighted by molar-refractivity contribution is 6.03. The van der Waals surface area contributed by atoms with Gasteiger partial charge >= 0.3 is 0 Å². The zero-order valence-corrected chi connectivity index (χ0v) is 15.4. The minimum atomic E-state index is -0.322. The molecule has 6 nitrogen and oxygen atoms in total. The Balaban J connectivity index is 1.54. The highest BCUT2D eigenvalue weighted by Gasteiger charge is 2.14. The molecule has 28 heavy (non-hydrogen) atoms. The standard InChI is InChI=1S/C22H19N3O3/c1-25(22(27)15-28-18-11-9-16(13-23)10-12-18)14-21(26)24-20-8-4-6-17-5-2-3-7-19(17)20/h2-12H,14-15H2,1H3,(H,24,26). The van der Waals surface area contributed by atoms with E-state index in [4.69, 9.17) is 10.00 Å². The SMILES string of the molecule is CN(CC(=O)Nc1cccc2ccccc12)C(=O)COc1ccc(C#N)cc1. The molecule has 0 aliphatic rings. The van der Waals surface area contributed by atoms with Gasteiger partial charge in [-0.25, -0.2) is 0 Å². The predicted molar refractivity (Wildman–Crippen MR) is 107 cm³/mol. The molecule has 0 radical (unpaired) electrons. The van der Waals surface area contributed by atoms with Gasteiger partial charge in [-0.1, -0.05) is 36.4 Å². The first-order valence-corrected chi connectivity index (χ1v) is 8.71. The minimum Gasteiger partial charge on any atom is -0.484 e. The Kier molecular flexibility index (Phi) is 5.87. The molecule has 3 rings (SSSR count). The van der Waals surface area contributed by atoms with Gasteiger partial charge in [-0.15, -0.1) is 0 Å². The number of fused-ring (bicyclic) bond motifs is 1. The normalized spacial score (nSPS) is 10.1. The number of nitrogens with one attached hydrogen (secondary N) is 1. The van der Waals surface area contributed by atoms with E-state index < -0.39 is 0 Å². The van der Waals surface area contributed by atoms with Crippen LogP contribution >= 0.6 is 0 Å². The first-order chi connectivity index (χ1) is 13.6. The summed E-state index contributed by atoms with van der Waals surface area (Å²) in [5.74, 6) is -0.121. The molecule has 1 N–H and O–H groups in total. The van der Waals surface area contributed by atoms with E-state index in [-0.39, 0.29) is 25.0 Å². The second-order valence-corrected chi connectivity index (χ2v) is 6.25. The Morgan fingerprint density at radius 1 is 1.04 bits per heavy atom. The van der Waals surface area contributed by atoms with Crippen molar-refractivity contribution in [2.45, 2.75) is 0 Å². The first-order valence-electron chi connectivity index (χ1n) is 8.71. The molecule has 0 spiro atoms. The number of anilines is 1. The molecule has 0 saturated carbocycles. The molecule has 0 unspecified atom stereocenters. The summed E-state index contributed by atoms with van der Waals surface area (Å²) in [6, 6.07) is 21.9. The number of benzene rings is 3. The molecule has 3 aromatic rings. The Hall–Kier alpha value is -3.85. The number of carbonyl (C=O) groups is 2. The van der Waals surface area contributed by atoms with Crippen molar-refractivity contribution < 1.29 is 14.3 Å². The van der Waals surface area contributed by atoms with E-state index in [0.717, 1.165) is 10.8 Å². The van der Waals surface area contributed by atoms with Crippen molar-refractivity contribution in [1.82, 2.24) is 4.90 Å². The summed E-state index contributed by atoms with van der Waals surface area (Å²) < 4.78 is 5.41. The lowest BCUT2D eigenvalue weighted by Gasteiger charge is -2.17. The van der Waals surface area contributed by atoms with Gasteiger partial charge in [0.25, 0.3) is 5.91 Å². The molecule has 0 aromatic heterocycles. The number of hydrogen-bond donors (Lipinski definition) is 1. The van der Waals surface area contributed by atoms with Crippen molar-refractivity contribution >= 4 is 28.3 Å². The van der Waals surface area contributed by atoms with Crippen LogP contribution in [0.5, 0.6) is 5.75 Å². The van der Waals surface area contributed by atoms with E-state index in [2.05, 4.69) is 5.32 Å². The number of carbonyl (C=O) groups excluding carboxylic acids is 2. The molecule has 0 atom stereocenters. The Morgan fingerprint density at radius 2 is 1.75 bits per heavy atom. The lowest BCUT2D eigenvalue weighted by molar-refractivity contribution is -0.135. The maximum Gasteiger partial charge on any atom is 0.260 e. The van der Waals surface area contributed by atoms with Crippen LogP contribution in [0.15, 0.2) is 66.7 Å². The second kappa shape index (κ2) is 8.69. The van der Waals surface area contributed by atoms with Crippen molar-refractivity contribution in [3.05, 3.63) is 72.3 Å². The fourth-order valence-corrected chi connectivity index (χ4v) is 2.71. The maximum absolute atomic E-state index is 12.3. The summed E-state index contributed by atoms with van der Waals surface area (Å²) in [7, 11) is 1.55. The molecule has 0 bridgehead atoms. The number of likely N-dealkylation sites (N-methyl/N-ethyl adjacent to an activating group) is 1. The van der Waals surface area contributed by atoms with Crippen LogP contribution in [0, 0.1) is 11.3 Å². The van der Waals surface area contributed by atoms with Crippen LogP contribution in [0.2, 0.25) is 0 Å². The highest BCUT2D eigenvalue weighted by Crippen LogP contribution is 2.22. The van der Waals surface area contributed by atoms with Crippen molar-refractivity contribution in [2.75, 3.05) is 25.5 Å². The summed E-state index contributed by atoms with van der Waals surface area (Å²) in [5, 5.41) is 13.6. The molecule has 0 aliphatic carbocycles. The third kappa shape index (κ3) is 4.65. The fourth-order valence-electron chi connectivity index (χ4n) is 2.71. The van der Waals surface area contributed by atoms with Gasteiger partial charge < -0.3 is 15.0 Å². The van der Waals surface area contributed by atoms with Crippen LogP contribution in [0.25, 0.3) is 10.8 Å². The van der Waals surface area contributed by atoms with Crippen LogP contribution in [0.3, 0.4) is 0 Å². The smallest absolute Gasteiger partial charge is 0.260 e. The second-order valence-electron chi connectivity index (χ2n) is 6.25. The lowest BCUT2D eigenvalue weighted by Crippen LogP contribution is -2.37. The average molecular weight is 373 g/mol. The fraction of sp³-hybridized carbons (Fsp3) is 0.136. The van der Waals surface area contributed by atoms with Crippen molar-refractivity contribution in [3.8, 4) is 11.8 Å². The Bertz CT molecular complexity index is 1030. The summed E-state index contributed by atoms with van der Waals surface area (Å²) >= 11 is 0. The lowest BCUT2D eigenvalue weighted by atomic mass is 10.1. The van der Waals surface area contributed by atoms with Crippen LogP contribution in [-0.2, 0) is 9.59 Å². The van der Waals surface area contributed by atoms with Gasteiger partial charge in [0.1, 0.15) is 5.75 Å². The molecule has 2 amide bonds. The maximum atomic E-state index is 12.3. The summed E-state index contributed by atoms with van der Waals surface area (Å²) in [6.07, 6.45) is 0. The monoisotopic (exact) mass is 373 g/mol. The molecule has 3 aromatic carbocycles. The molecule has 140 valence electrons. The first kappa shape index (κ1) is 18.9. The zero-order chi connectivity index (χ0) is 19.9. The Labute approximate surface area is 162 Å². The van der Waals surface area contributed by atoms with Crippen LogP contribution in [-0.4, -0.2) is 36.9 Å². The van der Waals surface area contributed by atoms with Crippen molar-refractivity contribution in [3.63, 3.8) is 0 Å². The largest absolute Gasteiger partial charge is 0.484 e. The predicted octanol–water partition coefficient (Wildman–Crippen LogP) is 3.19. The van der Waals surface area contributed by atoms with Gasteiger partial charge in [-0.2, -0.15) is 5.26 Å². The number of nitriles is 1. The number of rotatable bonds is 6. The molecule has 0 fully saturated rings. The van der Waals surface area contributed by atoms with E-state index in [0.29, 0.717) is 17.0 Å². The van der Waals surface area contributed by atoms with E-state index >= 15 is 0 Å². The summed E-state index contributed by atoms with van der Waals surface area (Å²) in [5.41, 5.74) is 1.22. The molecule has 0 heterocycles. The molecule has 6 heteroatoms. The molecule has 0 saturated heterocycles. The van der Waals surface area contributed by atoms with Crippen molar-refractivity contribution in [2.24, 2.45) is 0 Å². The highest BCUT2D eigenvalue weighted by atomic mass is 16.5. The van der Waals surface area contributed by atoms with Gasteiger partial charge in [0.2, 0.25) is 5.91 Å². The van der Waals surface area contributed by atoms with Crippen LogP contribution < -0.4 is 10.1 Å². The van der Waals surface area contributed by atoms with Gasteiger partial charge in [0.15, 0.2) is 6.61 Å². The average Bonchev–Trinajstić information content (AvgIpc) is 2.72. The van der Waals surface area contributed by atoms with E-state index in [1.54, 1.807) is 31.3 Å². The van der Waals surface area contributed by atoms with Crippen LogP contribution in [0.1, 0.15) is 5.56 Å². The minimum absolute atomic E-state index is 0.0845. The topological polar surface area (TPSA) is 82.4 Å².